The molecule has 0 spiro atoms. The van der Waals surface area contributed by atoms with E-state index in [2.05, 4.69) is 13.2 Å². The van der Waals surface area contributed by atoms with Crippen LogP contribution in [0.25, 0.3) is 5.57 Å². The van der Waals surface area contributed by atoms with Crippen LogP contribution in [0.2, 0.25) is 0 Å². The summed E-state index contributed by atoms with van der Waals surface area (Å²) in [6, 6.07) is 4.72. The third-order valence-corrected chi connectivity index (χ3v) is 6.03. The number of ether oxygens (including phenoxy) is 2. The average molecular weight is 452 g/mol. The Kier molecular flexibility index (Phi) is 5.90. The van der Waals surface area contributed by atoms with Crippen molar-refractivity contribution in [3.8, 4) is 0 Å². The van der Waals surface area contributed by atoms with Crippen LogP contribution in [0.1, 0.15) is 24.5 Å². The third-order valence-electron chi connectivity index (χ3n) is 6.03. The van der Waals surface area contributed by atoms with Crippen molar-refractivity contribution in [1.29, 1.82) is 0 Å². The Labute approximate surface area is 190 Å². The predicted octanol–water partition coefficient (Wildman–Crippen LogP) is 1.95. The molecule has 3 aliphatic rings. The number of hydrogen-bond donors (Lipinski definition) is 1. The first-order valence-electron chi connectivity index (χ1n) is 10.6. The van der Waals surface area contributed by atoms with E-state index in [0.29, 0.717) is 28.8 Å². The van der Waals surface area contributed by atoms with Gasteiger partial charge in [0, 0.05) is 0 Å². The second-order valence-electron chi connectivity index (χ2n) is 8.08. The molecule has 3 heterocycles. The van der Waals surface area contributed by atoms with Crippen LogP contribution in [-0.2, 0) is 30.3 Å². The first-order chi connectivity index (χ1) is 15.8. The fourth-order valence-corrected chi connectivity index (χ4v) is 4.60. The van der Waals surface area contributed by atoms with Crippen molar-refractivity contribution in [2.75, 3.05) is 18.1 Å². The smallest absolute Gasteiger partial charge is 0.421 e. The maximum absolute atomic E-state index is 12.8. The summed E-state index contributed by atoms with van der Waals surface area (Å²) in [4.78, 5) is 52.8. The number of hydrogen-bond acceptors (Lipinski definition) is 7. The summed E-state index contributed by atoms with van der Waals surface area (Å²) in [5, 5.41) is 10.0. The van der Waals surface area contributed by atoms with Crippen LogP contribution in [0.3, 0.4) is 0 Å². The van der Waals surface area contributed by atoms with Gasteiger partial charge in [-0.3, -0.25) is 9.59 Å². The van der Waals surface area contributed by atoms with Crippen molar-refractivity contribution >= 4 is 35.1 Å². The Morgan fingerprint density at radius 1 is 1.21 bits per heavy atom. The Morgan fingerprint density at radius 3 is 2.58 bits per heavy atom. The molecular weight excluding hydrogens is 428 g/mol. The van der Waals surface area contributed by atoms with Crippen LogP contribution in [-0.4, -0.2) is 59.2 Å². The highest BCUT2D eigenvalue weighted by atomic mass is 16.6. The van der Waals surface area contributed by atoms with Crippen LogP contribution in [0.4, 0.5) is 10.5 Å². The van der Waals surface area contributed by atoms with Crippen molar-refractivity contribution in [2.45, 2.75) is 31.9 Å². The molecule has 0 unspecified atom stereocenters. The Hall–Kier alpha value is -3.72. The van der Waals surface area contributed by atoms with E-state index in [9.17, 15) is 24.3 Å². The Morgan fingerprint density at radius 2 is 1.91 bits per heavy atom. The van der Waals surface area contributed by atoms with Gasteiger partial charge in [0.1, 0.15) is 18.9 Å². The van der Waals surface area contributed by atoms with E-state index in [4.69, 9.17) is 9.47 Å². The molecule has 172 valence electrons. The molecule has 1 fully saturated rings. The molecule has 0 aromatic heterocycles. The molecule has 3 atom stereocenters. The van der Waals surface area contributed by atoms with Crippen molar-refractivity contribution in [2.24, 2.45) is 5.92 Å². The number of carbonyl (C=O) groups is 4. The number of β-lactam (4-membered cyclic amide) rings is 1. The van der Waals surface area contributed by atoms with Gasteiger partial charge in [-0.2, -0.15) is 0 Å². The molecule has 0 saturated carbocycles. The van der Waals surface area contributed by atoms with Crippen molar-refractivity contribution < 1.29 is 33.8 Å². The zero-order valence-corrected chi connectivity index (χ0v) is 18.2. The number of anilines is 1. The van der Waals surface area contributed by atoms with Gasteiger partial charge < -0.3 is 19.5 Å². The fourth-order valence-electron chi connectivity index (χ4n) is 4.60. The van der Waals surface area contributed by atoms with Gasteiger partial charge in [-0.25, -0.2) is 14.5 Å². The summed E-state index contributed by atoms with van der Waals surface area (Å²) >= 11 is 0. The van der Waals surface area contributed by atoms with Gasteiger partial charge in [-0.1, -0.05) is 37.4 Å². The van der Waals surface area contributed by atoms with E-state index in [1.54, 1.807) is 25.1 Å². The summed E-state index contributed by atoms with van der Waals surface area (Å²) in [6.45, 7) is 8.50. The molecule has 0 aliphatic carbocycles. The second kappa shape index (κ2) is 8.67. The summed E-state index contributed by atoms with van der Waals surface area (Å²) < 4.78 is 10.3. The van der Waals surface area contributed by atoms with Gasteiger partial charge in [0.2, 0.25) is 11.8 Å². The number of carbonyl (C=O) groups excluding carboxylic acids is 4. The molecule has 0 radical (unpaired) electrons. The van der Waals surface area contributed by atoms with Crippen molar-refractivity contribution in [3.05, 3.63) is 60.3 Å². The number of amides is 3. The van der Waals surface area contributed by atoms with E-state index < -0.39 is 30.0 Å². The quantitative estimate of drug-likeness (QED) is 0.382. The Bertz CT molecular complexity index is 1100. The first-order valence-corrected chi connectivity index (χ1v) is 10.6. The molecule has 1 N–H and O–H groups in total. The highest BCUT2D eigenvalue weighted by Crippen LogP contribution is 2.48. The minimum Gasteiger partial charge on any atom is -0.457 e. The normalized spacial score (nSPS) is 21.9. The molecule has 3 amide bonds. The largest absolute Gasteiger partial charge is 0.457 e. The molecule has 3 aliphatic heterocycles. The van der Waals surface area contributed by atoms with Crippen LogP contribution >= 0.6 is 0 Å². The molecule has 0 bridgehead atoms. The SMILES string of the molecule is C=CCOC(=O)C1=C(c2ccc3c(c2)N(C(=O)OCC=C)C(=O)C3)C[C@@H]2[C@@H]([C@@H](C)O)C(=O)N12. The average Bonchev–Trinajstić information content (AvgIpc) is 3.29. The minimum atomic E-state index is -0.865. The van der Waals surface area contributed by atoms with Crippen LogP contribution in [0.5, 0.6) is 0 Å². The lowest BCUT2D eigenvalue weighted by molar-refractivity contribution is -0.162. The Balaban J connectivity index is 1.74. The lowest BCUT2D eigenvalue weighted by Crippen LogP contribution is -2.61. The third kappa shape index (κ3) is 3.64. The number of benzene rings is 1. The van der Waals surface area contributed by atoms with Crippen LogP contribution < -0.4 is 4.90 Å². The number of rotatable bonds is 7. The maximum atomic E-state index is 12.8. The molecule has 1 aromatic rings. The number of aliphatic hydroxyl groups excluding tert-OH is 1. The van der Waals surface area contributed by atoms with Crippen molar-refractivity contribution in [1.82, 2.24) is 4.90 Å². The van der Waals surface area contributed by atoms with E-state index in [1.165, 1.54) is 17.1 Å². The number of nitrogens with zero attached hydrogens (tertiary/aromatic N) is 2. The summed E-state index contributed by atoms with van der Waals surface area (Å²) in [5.74, 6) is -2.06. The highest BCUT2D eigenvalue weighted by Gasteiger charge is 2.57. The number of esters is 1. The molecule has 9 heteroatoms. The van der Waals surface area contributed by atoms with E-state index in [1.807, 2.05) is 0 Å². The summed E-state index contributed by atoms with van der Waals surface area (Å²) in [6.07, 6.45) is 1.53. The maximum Gasteiger partial charge on any atom is 0.421 e. The summed E-state index contributed by atoms with van der Waals surface area (Å²) in [5.41, 5.74) is 2.24. The van der Waals surface area contributed by atoms with E-state index >= 15 is 0 Å². The minimum absolute atomic E-state index is 0.0241. The molecule has 9 nitrogen and oxygen atoms in total. The van der Waals surface area contributed by atoms with Crippen LogP contribution in [0.15, 0.2) is 49.2 Å². The van der Waals surface area contributed by atoms with Gasteiger partial charge in [0.05, 0.1) is 30.2 Å². The van der Waals surface area contributed by atoms with E-state index in [0.717, 1.165) is 4.90 Å². The highest BCUT2D eigenvalue weighted by molar-refractivity contribution is 6.17. The first kappa shape index (κ1) is 22.5. The molecule has 1 saturated heterocycles. The number of aliphatic hydroxyl groups is 1. The summed E-state index contributed by atoms with van der Waals surface area (Å²) in [7, 11) is 0. The van der Waals surface area contributed by atoms with Gasteiger partial charge in [0.15, 0.2) is 0 Å². The zero-order valence-electron chi connectivity index (χ0n) is 18.2. The van der Waals surface area contributed by atoms with Crippen LogP contribution in [0, 0.1) is 5.92 Å². The molecule has 1 aromatic carbocycles. The standard InChI is InChI=1S/C24H24N2O7/c1-4-8-32-23(30)21-16(12-18-20(13(3)27)22(29)26(18)21)14-6-7-15-11-19(28)25(17(15)10-14)24(31)33-9-5-2/h4-7,10,13,18,20,27H,1-2,8-9,11-12H2,3H3/t13-,18-,20-/m1/s1. The monoisotopic (exact) mass is 452 g/mol. The fraction of sp³-hybridized carbons (Fsp3) is 0.333. The van der Waals surface area contributed by atoms with E-state index in [-0.39, 0.29) is 37.3 Å². The molecule has 33 heavy (non-hydrogen) atoms. The van der Waals surface area contributed by atoms with Gasteiger partial charge in [0.25, 0.3) is 0 Å². The van der Waals surface area contributed by atoms with Crippen molar-refractivity contribution in [3.63, 3.8) is 0 Å². The zero-order chi connectivity index (χ0) is 23.9. The lowest BCUT2D eigenvalue weighted by Gasteiger charge is -2.44. The number of fused-ring (bicyclic) bond motifs is 2. The lowest BCUT2D eigenvalue weighted by atomic mass is 9.82. The topological polar surface area (TPSA) is 113 Å². The second-order valence-corrected chi connectivity index (χ2v) is 8.08. The predicted molar refractivity (Wildman–Crippen MR) is 118 cm³/mol. The van der Waals surface area contributed by atoms with Gasteiger partial charge in [-0.05, 0) is 36.1 Å². The van der Waals surface area contributed by atoms with Gasteiger partial charge in [-0.15, -0.1) is 0 Å². The number of imide groups is 1. The molecule has 4 rings (SSSR count). The molecular formula is C24H24N2O7. The van der Waals surface area contributed by atoms with Gasteiger partial charge >= 0.3 is 12.1 Å².